The molecule has 48 heteroatoms. The molecule has 4 rings (SSSR count). The van der Waals surface area contributed by atoms with Crippen LogP contribution in [0.2, 0.25) is 0 Å². The van der Waals surface area contributed by atoms with Crippen molar-refractivity contribution in [1.82, 2.24) is 89.7 Å². The number of H-pyrrole nitrogens is 1. The summed E-state index contributed by atoms with van der Waals surface area (Å²) in [6.45, 7) is 1.77. The van der Waals surface area contributed by atoms with Gasteiger partial charge in [0, 0.05) is 38.5 Å². The summed E-state index contributed by atoms with van der Waals surface area (Å²) in [5, 5.41) is 114. The minimum Gasteiger partial charge on any atom is -0.756 e. The number of aromatic amines is 1. The van der Waals surface area contributed by atoms with E-state index in [1.165, 1.54) is 74.9 Å². The van der Waals surface area contributed by atoms with E-state index in [1.807, 2.05) is 0 Å². The number of rotatable bonds is 55. The number of carboxylic acids is 1. The molecule has 0 saturated heterocycles. The third-order valence-corrected chi connectivity index (χ3v) is 19.8. The molecule has 13 amide bonds. The Labute approximate surface area is 720 Å². The number of amides is 13. The Hall–Kier alpha value is -12.5. The first-order valence-corrected chi connectivity index (χ1v) is 41.2. The van der Waals surface area contributed by atoms with Crippen LogP contribution in [0.25, 0.3) is 0 Å². The molecular formula is C77H118N23O24P. The smallest absolute Gasteiger partial charge is 0.322 e. The number of guanidine groups is 2. The Kier molecular flexibility index (Phi) is 43.8. The fraction of sp³-hybridized carbons (Fsp3) is 0.519. The third-order valence-electron chi connectivity index (χ3n) is 18.9. The minimum atomic E-state index is -5.46. The normalized spacial score (nSPS) is 15.3. The summed E-state index contributed by atoms with van der Waals surface area (Å²) in [7, 11) is -0.355. The van der Waals surface area contributed by atoms with Crippen LogP contribution in [0.4, 0.5) is 0 Å². The Morgan fingerprint density at radius 3 is 1.42 bits per heavy atom. The second-order valence-corrected chi connectivity index (χ2v) is 31.8. The molecule has 4 aromatic rings. The summed E-state index contributed by atoms with van der Waals surface area (Å²) in [5.41, 5.74) is 18.6. The monoisotopic (exact) mass is 1780 g/mol. The molecule has 0 aliphatic rings. The van der Waals surface area contributed by atoms with Gasteiger partial charge in [-0.2, -0.15) is 0 Å². The van der Waals surface area contributed by atoms with E-state index in [0.29, 0.717) is 11.3 Å². The Balaban J connectivity index is 1.67. The molecule has 0 spiro atoms. The molecule has 0 aliphatic heterocycles. The molecule has 3 aromatic carbocycles. The molecule has 1 heterocycles. The van der Waals surface area contributed by atoms with E-state index in [1.54, 1.807) is 58.4 Å². The van der Waals surface area contributed by atoms with Crippen LogP contribution in [0.5, 0.6) is 11.5 Å². The number of carboxylic acid groups (broad SMARTS) is 1. The number of imidazole rings is 1. The van der Waals surface area contributed by atoms with Crippen LogP contribution in [0.15, 0.2) is 91.4 Å². The highest BCUT2D eigenvalue weighted by molar-refractivity contribution is 7.45. The van der Waals surface area contributed by atoms with E-state index in [0.717, 1.165) is 13.8 Å². The molecule has 0 radical (unpaired) electrons. The van der Waals surface area contributed by atoms with Gasteiger partial charge >= 0.3 is 5.97 Å². The molecule has 0 fully saturated rings. The summed E-state index contributed by atoms with van der Waals surface area (Å²) in [4.78, 5) is 215. The lowest BCUT2D eigenvalue weighted by atomic mass is 9.96. The van der Waals surface area contributed by atoms with E-state index >= 15 is 4.79 Å². The van der Waals surface area contributed by atoms with Gasteiger partial charge in [-0.3, -0.25) is 82.5 Å². The molecule has 1 aromatic heterocycles. The first kappa shape index (κ1) is 105. The van der Waals surface area contributed by atoms with Crippen molar-refractivity contribution in [2.24, 2.45) is 23.1 Å². The van der Waals surface area contributed by atoms with Crippen molar-refractivity contribution in [3.8, 4) is 11.5 Å². The van der Waals surface area contributed by atoms with Crippen molar-refractivity contribution >= 4 is 103 Å². The van der Waals surface area contributed by atoms with E-state index in [-0.39, 0.29) is 97.6 Å². The van der Waals surface area contributed by atoms with Gasteiger partial charge in [-0.05, 0) is 99.7 Å². The molecule has 125 heavy (non-hydrogen) atoms. The number of phosphoric acid groups is 1. The summed E-state index contributed by atoms with van der Waals surface area (Å²) < 4.78 is 23.8. The van der Waals surface area contributed by atoms with E-state index in [4.69, 9.17) is 42.2 Å². The number of carbonyl (C=O) groups is 14. The lowest BCUT2D eigenvalue weighted by Gasteiger charge is -2.31. The quantitative estimate of drug-likeness (QED) is 0.00642. The van der Waals surface area contributed by atoms with Crippen molar-refractivity contribution in [2.75, 3.05) is 73.7 Å². The number of carbonyl (C=O) groups excluding carboxylic acids is 13. The largest absolute Gasteiger partial charge is 0.756 e. The Morgan fingerprint density at radius 1 is 0.512 bits per heavy atom. The topological polar surface area (TPSA) is 754 Å². The molecule has 0 aliphatic carbocycles. The number of phosphoric ester groups is 1. The van der Waals surface area contributed by atoms with Gasteiger partial charge in [-0.25, -0.2) is 4.98 Å². The van der Waals surface area contributed by atoms with Crippen LogP contribution >= 0.6 is 7.82 Å². The number of nitrogens with two attached hydrogens (primary N) is 3. The van der Waals surface area contributed by atoms with Crippen LogP contribution in [0.3, 0.4) is 0 Å². The first-order valence-electron chi connectivity index (χ1n) is 39.8. The third kappa shape index (κ3) is 39.3. The molecule has 16 atom stereocenters. The van der Waals surface area contributed by atoms with Crippen LogP contribution < -0.4 is 102 Å². The zero-order valence-electron chi connectivity index (χ0n) is 70.4. The molecule has 0 bridgehead atoms. The number of aliphatic hydroxyl groups is 3. The van der Waals surface area contributed by atoms with Crippen LogP contribution in [0.1, 0.15) is 89.1 Å². The van der Waals surface area contributed by atoms with Crippen molar-refractivity contribution in [1.29, 1.82) is 10.8 Å². The van der Waals surface area contributed by atoms with Gasteiger partial charge in [0.2, 0.25) is 76.8 Å². The molecule has 1 unspecified atom stereocenters. The number of likely N-dealkylation sites (N-methyl/N-ethyl adjacent to an activating group) is 1. The average molecular weight is 1780 g/mol. The number of phenolic OH excluding ortho intramolecular Hbond substituents is 2. The fourth-order valence-electron chi connectivity index (χ4n) is 11.7. The van der Waals surface area contributed by atoms with Crippen molar-refractivity contribution < 1.29 is 121 Å². The fourth-order valence-corrected chi connectivity index (χ4v) is 12.4. The molecule has 0 saturated carbocycles. The van der Waals surface area contributed by atoms with Crippen molar-refractivity contribution in [3.63, 3.8) is 0 Å². The molecule has 47 nitrogen and oxygen atoms in total. The standard InChI is InChI=1S/C77H118N23O24P/c1-9-41(2)61(97-75(120)63(44(5)103)98-68(113)53(18-14-28-85-77(81)82)90-65(110)51(78)31-45-15-11-10-12-16-45)73(118)99-62(43(4)102)74(119)95-57(38-101)71(116)96-58(39-124-125(121,122)123-30-29-100(6,7)8)72(117)94-55(33-47-21-25-50(105)26-22-47)70(115)93-54(32-46-19-23-49(104)24-20-46)69(114)91-52(17-13-27-84-76(79)80)66(111)86-36-59(106)89-42(3)64(109)92-56(34-48-35-83-40-88-48)67(112)87-37-60(107)108/h10-12,15-16,19-26,35,40-44,51-58,61-63,101-103H,9,13-14,17-18,27-34,36-39,78H2,1-8H3,(H25-,79,80,81,82,83,84,85,86,87,88,89,90,91,92,93,94,95,96,97,98,99,104,105,106,107,108,109,110,111,112,113,114,115,116,117,118,119,120,121,122)/t41-,42-,43+,44+,51-,52-,53-,54-,55-,56-,57-,58-,61-,62-,63-/m0/s1. The maximum absolute atomic E-state index is 15.1. The lowest BCUT2D eigenvalue weighted by Crippen LogP contribution is -2.64. The van der Waals surface area contributed by atoms with Gasteiger partial charge in [0.25, 0.3) is 7.82 Å². The van der Waals surface area contributed by atoms with Gasteiger partial charge in [-0.15, -0.1) is 0 Å². The van der Waals surface area contributed by atoms with Crippen LogP contribution in [-0.2, 0) is 106 Å². The number of aliphatic hydroxyl groups excluding tert-OH is 3. The maximum atomic E-state index is 15.1. The van der Waals surface area contributed by atoms with Crippen LogP contribution in [0, 0.1) is 16.7 Å². The van der Waals surface area contributed by atoms with Gasteiger partial charge in [0.05, 0.1) is 71.2 Å². The number of nitrogens with one attached hydrogen (secondary N) is 18. The Morgan fingerprint density at radius 2 is 0.928 bits per heavy atom. The predicted molar refractivity (Wildman–Crippen MR) is 445 cm³/mol. The number of nitrogens with zero attached hydrogens (tertiary/aromatic N) is 2. The number of quaternary nitrogens is 1. The van der Waals surface area contributed by atoms with E-state index in [2.05, 4.69) is 89.7 Å². The number of aliphatic carboxylic acids is 1. The summed E-state index contributed by atoms with van der Waals surface area (Å²) in [6, 6.07) is -1.70. The van der Waals surface area contributed by atoms with E-state index < -0.39 is 233 Å². The minimum absolute atomic E-state index is 0.0122. The van der Waals surface area contributed by atoms with Gasteiger partial charge in [0.1, 0.15) is 97.7 Å². The average Bonchev–Trinajstić information content (AvgIpc) is 1.12. The maximum Gasteiger partial charge on any atom is 0.322 e. The van der Waals surface area contributed by atoms with Crippen molar-refractivity contribution in [2.45, 2.75) is 177 Å². The Bertz CT molecular complexity index is 4320. The number of aromatic hydroxyl groups is 2. The summed E-state index contributed by atoms with van der Waals surface area (Å²) in [5.74, 6) is -18.1. The zero-order chi connectivity index (χ0) is 93.4. The van der Waals surface area contributed by atoms with Gasteiger partial charge in [-0.1, -0.05) is 74.9 Å². The number of phenols is 2. The number of hydrogen-bond donors (Lipinski definition) is 27. The van der Waals surface area contributed by atoms with Crippen molar-refractivity contribution in [3.05, 3.63) is 114 Å². The summed E-state index contributed by atoms with van der Waals surface area (Å²) in [6.07, 6.45) is -2.12. The molecular weight excluding hydrogens is 1660 g/mol. The second-order valence-electron chi connectivity index (χ2n) is 30.4. The summed E-state index contributed by atoms with van der Waals surface area (Å²) >= 11 is 0. The number of hydrogen-bond acceptors (Lipinski definition) is 27. The number of aromatic nitrogens is 2. The lowest BCUT2D eigenvalue weighted by molar-refractivity contribution is -0.870. The highest BCUT2D eigenvalue weighted by Gasteiger charge is 2.40. The highest BCUT2D eigenvalue weighted by Crippen LogP contribution is 2.38. The number of benzene rings is 3. The highest BCUT2D eigenvalue weighted by atomic mass is 31.2. The zero-order valence-corrected chi connectivity index (χ0v) is 71.3. The van der Waals surface area contributed by atoms with Gasteiger partial charge in [0.15, 0.2) is 11.9 Å². The molecule has 690 valence electrons. The first-order chi connectivity index (χ1) is 58.8. The van der Waals surface area contributed by atoms with Crippen LogP contribution in [-0.4, -0.2) is 298 Å². The second kappa shape index (κ2) is 52.2. The SMILES string of the molecule is CC[C@H](C)[C@H](NC(=O)[C@@H](NC(=O)[C@H](CCCNC(=N)N)NC(=O)[C@@H](N)Cc1ccccc1)[C@@H](C)O)C(=O)N[C@H](C(=O)N[C@@H](CO)C(=O)N[C@@H](COP(=O)([O-])OCC[N+](C)(C)C)C(=O)N[C@@H](Cc1ccc(O)cc1)C(=O)N[C@@H](Cc1ccc(O)cc1)C(=O)N[C@@H](CCCNC(=N)N)C(=O)NCC(=O)N[C@@H](C)C(=O)N[C@@H](Cc1c[nH]cn1)C(=O)NCC(=O)O)[C@@H](C)O. The van der Waals surface area contributed by atoms with Gasteiger partial charge < -0.3 is 151 Å². The predicted octanol–water partition coefficient (Wildman–Crippen LogP) is -8.38. The molecule has 30 N–H and O–H groups in total. The van der Waals surface area contributed by atoms with E-state index in [9.17, 15) is 97.3 Å².